The molecule has 4 rings (SSSR count). The number of nitrogens with zero attached hydrogens (tertiary/aromatic N) is 2. The zero-order valence-corrected chi connectivity index (χ0v) is 23.6. The van der Waals surface area contributed by atoms with E-state index >= 15 is 0 Å². The summed E-state index contributed by atoms with van der Waals surface area (Å²) >= 11 is 13.2. The molecule has 0 spiro atoms. The smallest absolute Gasteiger partial charge is 0.494 e. The van der Waals surface area contributed by atoms with Crippen molar-refractivity contribution in [3.63, 3.8) is 0 Å². The van der Waals surface area contributed by atoms with Gasteiger partial charge in [-0.1, -0.05) is 49.2 Å². The van der Waals surface area contributed by atoms with Crippen LogP contribution in [0.2, 0.25) is 10.0 Å². The summed E-state index contributed by atoms with van der Waals surface area (Å²) in [6.07, 6.45) is 0. The van der Waals surface area contributed by atoms with Gasteiger partial charge < -0.3 is 18.8 Å². The van der Waals surface area contributed by atoms with Crippen molar-refractivity contribution in [1.29, 1.82) is 0 Å². The van der Waals surface area contributed by atoms with Gasteiger partial charge in [0, 0.05) is 11.6 Å². The molecule has 1 aliphatic heterocycles. The summed E-state index contributed by atoms with van der Waals surface area (Å²) in [6.45, 7) is 12.1. The molecule has 2 heterocycles. The minimum absolute atomic E-state index is 0.0448. The fraction of sp³-hybridized carbons (Fsp3) is 0.407. The van der Waals surface area contributed by atoms with Gasteiger partial charge in [0.2, 0.25) is 5.88 Å². The van der Waals surface area contributed by atoms with E-state index < -0.39 is 18.3 Å². The highest BCUT2D eigenvalue weighted by molar-refractivity contribution is 6.63. The van der Waals surface area contributed by atoms with Gasteiger partial charge in [-0.25, -0.2) is 4.68 Å². The van der Waals surface area contributed by atoms with E-state index in [0.717, 1.165) is 11.3 Å². The maximum Gasteiger partial charge on any atom is 0.494 e. The lowest BCUT2D eigenvalue weighted by Gasteiger charge is -2.32. The van der Waals surface area contributed by atoms with Gasteiger partial charge in [-0.2, -0.15) is 0 Å². The van der Waals surface area contributed by atoms with Crippen LogP contribution in [-0.2, 0) is 15.9 Å². The fourth-order valence-electron chi connectivity index (χ4n) is 3.91. The summed E-state index contributed by atoms with van der Waals surface area (Å²) < 4.78 is 24.9. The molecule has 0 bridgehead atoms. The van der Waals surface area contributed by atoms with Crippen molar-refractivity contribution in [2.45, 2.75) is 65.2 Å². The maximum absolute atomic E-state index is 13.1. The number of hydrogen-bond acceptors (Lipinski definition) is 6. The first-order valence-electron chi connectivity index (χ1n) is 12.1. The van der Waals surface area contributed by atoms with E-state index in [2.05, 4.69) is 5.10 Å². The molecule has 37 heavy (non-hydrogen) atoms. The van der Waals surface area contributed by atoms with Gasteiger partial charge in [0.25, 0.3) is 5.56 Å². The van der Waals surface area contributed by atoms with E-state index in [1.54, 1.807) is 25.3 Å². The highest BCUT2D eigenvalue weighted by Gasteiger charge is 2.51. The molecule has 1 fully saturated rings. The second kappa shape index (κ2) is 10.3. The molecule has 3 aromatic rings. The first-order valence-corrected chi connectivity index (χ1v) is 12.8. The molecule has 1 saturated heterocycles. The van der Waals surface area contributed by atoms with Crippen LogP contribution in [0.4, 0.5) is 0 Å². The first-order chi connectivity index (χ1) is 17.3. The number of ether oxygens (including phenoxy) is 2. The quantitative estimate of drug-likeness (QED) is 0.349. The maximum atomic E-state index is 13.1. The summed E-state index contributed by atoms with van der Waals surface area (Å²) in [6, 6.07) is 12.5. The second-order valence-corrected chi connectivity index (χ2v) is 11.2. The van der Waals surface area contributed by atoms with Crippen molar-refractivity contribution in [3.8, 4) is 17.4 Å². The molecule has 196 valence electrons. The molecule has 2 aromatic carbocycles. The lowest BCUT2D eigenvalue weighted by molar-refractivity contribution is 0.00578. The van der Waals surface area contributed by atoms with E-state index in [1.807, 2.05) is 65.8 Å². The molecule has 0 N–H and O–H groups in total. The van der Waals surface area contributed by atoms with E-state index in [9.17, 15) is 4.79 Å². The molecule has 0 aliphatic carbocycles. The van der Waals surface area contributed by atoms with E-state index in [4.69, 9.17) is 42.0 Å². The van der Waals surface area contributed by atoms with E-state index in [-0.39, 0.29) is 39.7 Å². The predicted octanol–water partition coefficient (Wildman–Crippen LogP) is 5.82. The van der Waals surface area contributed by atoms with Crippen molar-refractivity contribution in [2.75, 3.05) is 7.11 Å². The molecular weight excluding hydrogens is 514 g/mol. The van der Waals surface area contributed by atoms with Crippen LogP contribution in [0.15, 0.2) is 47.3 Å². The third-order valence-corrected chi connectivity index (χ3v) is 7.41. The number of aromatic nitrogens is 2. The van der Waals surface area contributed by atoms with Gasteiger partial charge in [-0.3, -0.25) is 4.79 Å². The van der Waals surface area contributed by atoms with Crippen molar-refractivity contribution in [3.05, 3.63) is 74.0 Å². The summed E-state index contributed by atoms with van der Waals surface area (Å²) in [4.78, 5) is 13.1. The zero-order valence-electron chi connectivity index (χ0n) is 22.1. The Labute approximate surface area is 227 Å². The zero-order chi connectivity index (χ0) is 27.1. The minimum atomic E-state index is -0.619. The Hall–Kier alpha value is -2.52. The molecular formula is C27H31BCl2N2O5. The SMILES string of the molecule is COc1ccc(Cn2nc(Oc3c(Cl)cc(B4OC(C)(C)C(C)(C)O4)cc3Cl)cc(C(C)C)c2=O)cc1. The summed E-state index contributed by atoms with van der Waals surface area (Å²) in [5.74, 6) is 1.14. The third kappa shape index (κ3) is 5.67. The molecule has 0 atom stereocenters. The molecule has 0 saturated carbocycles. The normalized spacial score (nSPS) is 16.3. The molecule has 1 aromatic heterocycles. The Kier molecular flexibility index (Phi) is 7.68. The summed E-state index contributed by atoms with van der Waals surface area (Å²) in [5, 5.41) is 5.00. The van der Waals surface area contributed by atoms with Crippen LogP contribution < -0.4 is 20.5 Å². The Morgan fingerprint density at radius 1 is 1.00 bits per heavy atom. The Balaban J connectivity index is 1.65. The molecule has 0 amide bonds. The predicted molar refractivity (Wildman–Crippen MR) is 147 cm³/mol. The summed E-state index contributed by atoms with van der Waals surface area (Å²) in [5.41, 5.74) is 0.957. The van der Waals surface area contributed by atoms with E-state index in [1.165, 1.54) is 4.68 Å². The standard InChI is InChI=1S/C27H31BCl2N2O5/c1-16(2)20-14-23(31-32(25(20)33)15-17-8-10-19(34-7)11-9-17)35-24-21(29)12-18(13-22(24)30)28-36-26(3,4)27(5,6)37-28/h8-14,16H,15H2,1-7H3. The number of halogens is 2. The van der Waals surface area contributed by atoms with Crippen LogP contribution in [0.25, 0.3) is 0 Å². The lowest BCUT2D eigenvalue weighted by atomic mass is 9.79. The monoisotopic (exact) mass is 544 g/mol. The lowest BCUT2D eigenvalue weighted by Crippen LogP contribution is -2.41. The van der Waals surface area contributed by atoms with Gasteiger partial charge in [0.05, 0.1) is 34.9 Å². The van der Waals surface area contributed by atoms with Crippen LogP contribution in [-0.4, -0.2) is 35.2 Å². The Bertz CT molecular complexity index is 1320. The molecule has 7 nitrogen and oxygen atoms in total. The second-order valence-electron chi connectivity index (χ2n) is 10.4. The van der Waals surface area contributed by atoms with Gasteiger partial charge in [-0.15, -0.1) is 5.10 Å². The highest BCUT2D eigenvalue weighted by Crippen LogP contribution is 2.39. The van der Waals surface area contributed by atoms with Crippen LogP contribution in [0, 0.1) is 0 Å². The number of methoxy groups -OCH3 is 1. The average molecular weight is 545 g/mol. The Morgan fingerprint density at radius 2 is 1.57 bits per heavy atom. The van der Waals surface area contributed by atoms with Crippen molar-refractivity contribution in [1.82, 2.24) is 9.78 Å². The van der Waals surface area contributed by atoms with Gasteiger partial charge in [-0.05, 0) is 68.9 Å². The first kappa shape index (κ1) is 27.5. The summed E-state index contributed by atoms with van der Waals surface area (Å²) in [7, 11) is 0.987. The van der Waals surface area contributed by atoms with Crippen LogP contribution in [0.5, 0.6) is 17.4 Å². The minimum Gasteiger partial charge on any atom is -0.497 e. The largest absolute Gasteiger partial charge is 0.497 e. The van der Waals surface area contributed by atoms with Gasteiger partial charge in [0.15, 0.2) is 5.75 Å². The molecule has 1 aliphatic rings. The Morgan fingerprint density at radius 3 is 2.08 bits per heavy atom. The number of benzene rings is 2. The van der Waals surface area contributed by atoms with Crippen LogP contribution in [0.3, 0.4) is 0 Å². The molecule has 0 unspecified atom stereocenters. The third-order valence-electron chi connectivity index (χ3n) is 6.85. The highest BCUT2D eigenvalue weighted by atomic mass is 35.5. The average Bonchev–Trinajstić information content (AvgIpc) is 3.05. The van der Waals surface area contributed by atoms with Gasteiger partial charge >= 0.3 is 7.12 Å². The van der Waals surface area contributed by atoms with E-state index in [0.29, 0.717) is 11.0 Å². The molecule has 0 radical (unpaired) electrons. The fourth-order valence-corrected chi connectivity index (χ4v) is 4.49. The van der Waals surface area contributed by atoms with Crippen molar-refractivity contribution in [2.24, 2.45) is 0 Å². The number of hydrogen-bond donors (Lipinski definition) is 0. The van der Waals surface area contributed by atoms with Crippen molar-refractivity contribution < 1.29 is 18.8 Å². The molecule has 10 heteroatoms. The van der Waals surface area contributed by atoms with Crippen molar-refractivity contribution >= 4 is 35.8 Å². The van der Waals surface area contributed by atoms with Gasteiger partial charge in [0.1, 0.15) is 5.75 Å². The van der Waals surface area contributed by atoms with Crippen LogP contribution in [0.1, 0.15) is 58.6 Å². The number of rotatable bonds is 7. The topological polar surface area (TPSA) is 71.8 Å². The van der Waals surface area contributed by atoms with Crippen LogP contribution >= 0.6 is 23.2 Å².